The van der Waals surface area contributed by atoms with E-state index in [1.807, 2.05) is 0 Å². The highest BCUT2D eigenvalue weighted by Gasteiger charge is 2.37. The van der Waals surface area contributed by atoms with Gasteiger partial charge in [-0.15, -0.1) is 0 Å². The number of carbonyl (C=O) groups excluding carboxylic acids is 3. The summed E-state index contributed by atoms with van der Waals surface area (Å²) >= 11 is 0.800. The van der Waals surface area contributed by atoms with Crippen LogP contribution in [0.3, 0.4) is 0 Å². The molecule has 2 saturated heterocycles. The van der Waals surface area contributed by atoms with Crippen LogP contribution in [0.5, 0.6) is 0 Å². The quantitative estimate of drug-likeness (QED) is 0.413. The van der Waals surface area contributed by atoms with Crippen LogP contribution < -0.4 is 0 Å². The summed E-state index contributed by atoms with van der Waals surface area (Å²) in [5, 5.41) is 10.4. The van der Waals surface area contributed by atoms with Gasteiger partial charge in [-0.25, -0.2) is 0 Å². The molecule has 9 nitrogen and oxygen atoms in total. The van der Waals surface area contributed by atoms with Crippen LogP contribution in [-0.2, 0) is 9.59 Å². The van der Waals surface area contributed by atoms with Gasteiger partial charge in [0.2, 0.25) is 5.91 Å². The van der Waals surface area contributed by atoms with Gasteiger partial charge < -0.3 is 9.47 Å². The van der Waals surface area contributed by atoms with Gasteiger partial charge in [0, 0.05) is 42.8 Å². The number of likely N-dealkylation sites (tertiary alicyclic amines) is 1. The molecule has 3 heterocycles. The van der Waals surface area contributed by atoms with Crippen molar-refractivity contribution in [2.45, 2.75) is 12.8 Å². The Balaban J connectivity index is 1.53. The third-order valence-electron chi connectivity index (χ3n) is 5.02. The predicted molar refractivity (Wildman–Crippen MR) is 111 cm³/mol. The SMILES string of the molecule is O=C(CN1C(=O)SC(=Cc2cccn2-c2ccc([N+](=O)[O-])cc2)C1=O)N1CCCC1. The molecule has 1 aromatic carbocycles. The van der Waals surface area contributed by atoms with Crippen molar-refractivity contribution in [3.05, 3.63) is 63.3 Å². The minimum atomic E-state index is -0.492. The molecule has 10 heteroatoms. The van der Waals surface area contributed by atoms with Gasteiger partial charge in [-0.2, -0.15) is 0 Å². The number of amides is 3. The number of hydrogen-bond donors (Lipinski definition) is 0. The van der Waals surface area contributed by atoms with Crippen LogP contribution in [0.25, 0.3) is 11.8 Å². The number of nitro groups is 1. The number of non-ortho nitro benzene ring substituents is 1. The van der Waals surface area contributed by atoms with Gasteiger partial charge in [-0.3, -0.25) is 29.4 Å². The number of benzene rings is 1. The largest absolute Gasteiger partial charge is 0.341 e. The van der Waals surface area contributed by atoms with Crippen molar-refractivity contribution in [1.29, 1.82) is 0 Å². The molecule has 0 N–H and O–H groups in total. The number of hydrogen-bond acceptors (Lipinski definition) is 6. The lowest BCUT2D eigenvalue weighted by molar-refractivity contribution is -0.384. The number of carbonyl (C=O) groups is 3. The van der Waals surface area contributed by atoms with Crippen molar-refractivity contribution in [2.75, 3.05) is 19.6 Å². The van der Waals surface area contributed by atoms with Crippen molar-refractivity contribution in [3.63, 3.8) is 0 Å². The van der Waals surface area contributed by atoms with Crippen LogP contribution >= 0.6 is 11.8 Å². The first kappa shape index (κ1) is 19.9. The zero-order valence-corrected chi connectivity index (χ0v) is 16.7. The molecule has 0 atom stereocenters. The molecular weight excluding hydrogens is 408 g/mol. The topological polar surface area (TPSA) is 106 Å². The smallest absolute Gasteiger partial charge is 0.294 e. The summed E-state index contributed by atoms with van der Waals surface area (Å²) in [6.45, 7) is 1.08. The lowest BCUT2D eigenvalue weighted by atomic mass is 10.2. The molecule has 0 saturated carbocycles. The van der Waals surface area contributed by atoms with Crippen LogP contribution in [0.2, 0.25) is 0 Å². The van der Waals surface area contributed by atoms with E-state index in [4.69, 9.17) is 0 Å². The monoisotopic (exact) mass is 426 g/mol. The van der Waals surface area contributed by atoms with E-state index in [1.54, 1.807) is 46.0 Å². The Morgan fingerprint density at radius 1 is 1.13 bits per heavy atom. The molecule has 0 aliphatic carbocycles. The first-order chi connectivity index (χ1) is 14.4. The highest BCUT2D eigenvalue weighted by atomic mass is 32.2. The van der Waals surface area contributed by atoms with Gasteiger partial charge in [-0.05, 0) is 54.9 Å². The van der Waals surface area contributed by atoms with Gasteiger partial charge in [0.15, 0.2) is 0 Å². The fourth-order valence-corrected chi connectivity index (χ4v) is 4.28. The molecule has 1 aromatic heterocycles. The molecule has 4 rings (SSSR count). The summed E-state index contributed by atoms with van der Waals surface area (Å²) in [5.41, 5.74) is 1.30. The summed E-state index contributed by atoms with van der Waals surface area (Å²) in [4.78, 5) is 50.6. The first-order valence-corrected chi connectivity index (χ1v) is 10.2. The predicted octanol–water partition coefficient (Wildman–Crippen LogP) is 3.04. The van der Waals surface area contributed by atoms with Gasteiger partial charge >= 0.3 is 0 Å². The molecule has 30 heavy (non-hydrogen) atoms. The van der Waals surface area contributed by atoms with Gasteiger partial charge in [0.25, 0.3) is 16.8 Å². The van der Waals surface area contributed by atoms with E-state index < -0.39 is 16.1 Å². The standard InChI is InChI=1S/C20H18N4O5S/c25-18(21-9-1-2-10-21)13-23-19(26)17(30-20(23)27)12-16-4-3-11-22(16)14-5-7-15(8-6-14)24(28)29/h3-8,11-12H,1-2,9-10,13H2. The van der Waals surface area contributed by atoms with Gasteiger partial charge in [0.1, 0.15) is 6.54 Å². The van der Waals surface area contributed by atoms with Crippen LogP contribution in [0, 0.1) is 10.1 Å². The molecule has 0 bridgehead atoms. The van der Waals surface area contributed by atoms with E-state index in [2.05, 4.69) is 0 Å². The number of nitrogens with zero attached hydrogens (tertiary/aromatic N) is 4. The van der Waals surface area contributed by atoms with Crippen LogP contribution in [0.1, 0.15) is 18.5 Å². The van der Waals surface area contributed by atoms with Crippen molar-refractivity contribution < 1.29 is 19.3 Å². The molecule has 154 valence electrons. The molecule has 2 aliphatic heterocycles. The number of rotatable bonds is 5. The van der Waals surface area contributed by atoms with Crippen molar-refractivity contribution in [3.8, 4) is 5.69 Å². The third kappa shape index (κ3) is 3.86. The Labute approximate surface area is 176 Å². The molecular formula is C20H18N4O5S. The summed E-state index contributed by atoms with van der Waals surface area (Å²) in [5.74, 6) is -0.709. The van der Waals surface area contributed by atoms with Crippen LogP contribution in [0.15, 0.2) is 47.5 Å². The summed E-state index contributed by atoms with van der Waals surface area (Å²) in [6.07, 6.45) is 5.22. The minimum Gasteiger partial charge on any atom is -0.341 e. The molecule has 2 aliphatic rings. The van der Waals surface area contributed by atoms with Crippen molar-refractivity contribution in [1.82, 2.24) is 14.4 Å². The van der Waals surface area contributed by atoms with Crippen LogP contribution in [0.4, 0.5) is 10.5 Å². The first-order valence-electron chi connectivity index (χ1n) is 9.39. The maximum absolute atomic E-state index is 12.7. The number of thioether (sulfide) groups is 1. The molecule has 2 aromatic rings. The fourth-order valence-electron chi connectivity index (χ4n) is 3.45. The number of imide groups is 1. The Hall–Kier alpha value is -3.40. The second kappa shape index (κ2) is 8.15. The maximum Gasteiger partial charge on any atom is 0.294 e. The van der Waals surface area contributed by atoms with E-state index in [0.717, 1.165) is 29.5 Å². The molecule has 2 fully saturated rings. The van der Waals surface area contributed by atoms with Gasteiger partial charge in [0.05, 0.1) is 9.83 Å². The second-order valence-electron chi connectivity index (χ2n) is 6.93. The third-order valence-corrected chi connectivity index (χ3v) is 5.93. The van der Waals surface area contributed by atoms with E-state index in [1.165, 1.54) is 12.1 Å². The fraction of sp³-hybridized carbons (Fsp3) is 0.250. The normalized spacial score (nSPS) is 17.9. The Kier molecular flexibility index (Phi) is 5.40. The van der Waals surface area contributed by atoms with Gasteiger partial charge in [-0.1, -0.05) is 0 Å². The molecule has 0 spiro atoms. The highest BCUT2D eigenvalue weighted by molar-refractivity contribution is 8.18. The molecule has 0 unspecified atom stereocenters. The summed E-state index contributed by atoms with van der Waals surface area (Å²) < 4.78 is 1.76. The minimum absolute atomic E-state index is 0.0174. The lowest BCUT2D eigenvalue weighted by Crippen LogP contribution is -2.40. The van der Waals surface area contributed by atoms with Crippen molar-refractivity contribution >= 4 is 40.6 Å². The molecule has 3 amide bonds. The Morgan fingerprint density at radius 3 is 2.50 bits per heavy atom. The average molecular weight is 426 g/mol. The average Bonchev–Trinajstić information content (AvgIpc) is 3.47. The summed E-state index contributed by atoms with van der Waals surface area (Å²) in [7, 11) is 0. The van der Waals surface area contributed by atoms with Crippen LogP contribution in [-0.4, -0.2) is 56.0 Å². The highest BCUT2D eigenvalue weighted by Crippen LogP contribution is 2.33. The van der Waals surface area contributed by atoms with Crippen molar-refractivity contribution in [2.24, 2.45) is 0 Å². The second-order valence-corrected chi connectivity index (χ2v) is 7.93. The van der Waals surface area contributed by atoms with E-state index in [0.29, 0.717) is 24.5 Å². The molecule has 0 radical (unpaired) electrons. The van der Waals surface area contributed by atoms with E-state index >= 15 is 0 Å². The summed E-state index contributed by atoms with van der Waals surface area (Å²) in [6, 6.07) is 9.55. The Bertz CT molecular complexity index is 1050. The van der Waals surface area contributed by atoms with E-state index in [-0.39, 0.29) is 23.0 Å². The Morgan fingerprint density at radius 2 is 1.83 bits per heavy atom. The maximum atomic E-state index is 12.7. The van der Waals surface area contributed by atoms with E-state index in [9.17, 15) is 24.5 Å². The zero-order valence-electron chi connectivity index (χ0n) is 15.9. The lowest BCUT2D eigenvalue weighted by Gasteiger charge is -2.18. The number of aromatic nitrogens is 1. The number of nitro benzene ring substituents is 1. The zero-order chi connectivity index (χ0) is 21.3.